The van der Waals surface area contributed by atoms with E-state index in [0.29, 0.717) is 18.5 Å². The smallest absolute Gasteiger partial charge is 0.408 e. The number of carbonyl (C=O) groups excluding carboxylic acids is 3. The fourth-order valence-corrected chi connectivity index (χ4v) is 5.48. The number of unbranched alkanes of at least 4 members (excludes halogenated alkanes) is 4. The van der Waals surface area contributed by atoms with E-state index >= 15 is 0 Å². The zero-order valence-electron chi connectivity index (χ0n) is 28.4. The average Bonchev–Trinajstić information content (AvgIpc) is 3.01. The predicted molar refractivity (Wildman–Crippen MR) is 188 cm³/mol. The first-order valence-corrected chi connectivity index (χ1v) is 16.4. The molecule has 0 aliphatic carbocycles. The monoisotopic (exact) mass is 625 g/mol. The Bertz CT molecular complexity index is 1440. The zero-order chi connectivity index (χ0) is 33.7. The molecule has 0 bridgehead atoms. The third-order valence-corrected chi connectivity index (χ3v) is 7.81. The van der Waals surface area contributed by atoms with Crippen molar-refractivity contribution < 1.29 is 19.1 Å². The first kappa shape index (κ1) is 36.1. The molecule has 0 aliphatic heterocycles. The minimum Gasteiger partial charge on any atom is -0.444 e. The highest BCUT2D eigenvalue weighted by molar-refractivity contribution is 6.00. The van der Waals surface area contributed by atoms with Gasteiger partial charge in [0.15, 0.2) is 0 Å². The van der Waals surface area contributed by atoms with Gasteiger partial charge in [0.05, 0.1) is 0 Å². The Hall–Kier alpha value is -4.39. The number of nitrogens with one attached hydrogen (secondary N) is 2. The molecule has 2 unspecified atom stereocenters. The van der Waals surface area contributed by atoms with E-state index in [1.807, 2.05) is 86.6 Å². The lowest BCUT2D eigenvalue weighted by molar-refractivity contribution is -0.140. The molecular weight excluding hydrogens is 574 g/mol. The van der Waals surface area contributed by atoms with Crippen molar-refractivity contribution in [1.82, 2.24) is 10.2 Å². The average molecular weight is 626 g/mol. The number of para-hydroxylation sites is 1. The van der Waals surface area contributed by atoms with Crippen molar-refractivity contribution in [3.63, 3.8) is 0 Å². The van der Waals surface area contributed by atoms with Crippen LogP contribution in [0.1, 0.15) is 93.7 Å². The van der Waals surface area contributed by atoms with Crippen molar-refractivity contribution in [1.29, 1.82) is 0 Å². The van der Waals surface area contributed by atoms with Gasteiger partial charge >= 0.3 is 6.09 Å². The van der Waals surface area contributed by atoms with Gasteiger partial charge in [-0.15, -0.1) is 0 Å². The topological polar surface area (TPSA) is 87.7 Å². The molecule has 3 aromatic rings. The number of alkyl carbamates (subject to hydrolysis) is 1. The van der Waals surface area contributed by atoms with Gasteiger partial charge < -0.3 is 20.3 Å². The molecule has 7 nitrogen and oxygen atoms in total. The van der Waals surface area contributed by atoms with Crippen molar-refractivity contribution in [2.45, 2.75) is 97.8 Å². The number of ether oxygens (including phenoxy) is 1. The first-order valence-electron chi connectivity index (χ1n) is 16.4. The second kappa shape index (κ2) is 17.3. The fourth-order valence-electron chi connectivity index (χ4n) is 5.48. The maximum absolute atomic E-state index is 14.8. The van der Waals surface area contributed by atoms with Gasteiger partial charge in [0, 0.05) is 18.7 Å². The standard InChI is InChI=1S/C39H51N3O4/c1-8-10-11-12-16-25-42(37(44)33(27-31-21-14-13-15-22-31)40-38(45)46-39(5,6)7)35(32-24-18-23-30(9-2)26-32)36(43)41-34-28(3)19-17-20-29(34)4/h9,13-15,17-24,26,33,35H,2,8,10-12,16,25,27H2,1,3-7H3,(H,40,45)(H,41,43). The maximum atomic E-state index is 14.8. The van der Waals surface area contributed by atoms with Crippen LogP contribution in [-0.2, 0) is 20.7 Å². The summed E-state index contributed by atoms with van der Waals surface area (Å²) >= 11 is 0. The number of nitrogens with zero attached hydrogens (tertiary/aromatic N) is 1. The summed E-state index contributed by atoms with van der Waals surface area (Å²) in [4.78, 5) is 44.0. The van der Waals surface area contributed by atoms with Crippen LogP contribution < -0.4 is 10.6 Å². The number of aryl methyl sites for hydroxylation is 2. The summed E-state index contributed by atoms with van der Waals surface area (Å²) in [5.41, 5.74) is 4.22. The number of anilines is 1. The molecule has 3 aromatic carbocycles. The third kappa shape index (κ3) is 10.9. The molecule has 3 rings (SSSR count). The van der Waals surface area contributed by atoms with Crippen molar-refractivity contribution in [3.8, 4) is 0 Å². The van der Waals surface area contributed by atoms with E-state index in [9.17, 15) is 14.4 Å². The van der Waals surface area contributed by atoms with E-state index in [2.05, 4.69) is 24.1 Å². The Labute approximate surface area is 275 Å². The van der Waals surface area contributed by atoms with Gasteiger partial charge in [-0.25, -0.2) is 4.79 Å². The lowest BCUT2D eigenvalue weighted by Gasteiger charge is -2.35. The number of benzene rings is 3. The van der Waals surface area contributed by atoms with Crippen LogP contribution in [0.3, 0.4) is 0 Å². The number of carbonyl (C=O) groups is 3. The Morgan fingerprint density at radius 3 is 2.17 bits per heavy atom. The fraction of sp³-hybridized carbons (Fsp3) is 0.410. The van der Waals surface area contributed by atoms with Crippen LogP contribution in [0.25, 0.3) is 6.08 Å². The van der Waals surface area contributed by atoms with Gasteiger partial charge in [-0.1, -0.05) is 112 Å². The van der Waals surface area contributed by atoms with Gasteiger partial charge in [-0.05, 0) is 74.9 Å². The van der Waals surface area contributed by atoms with Crippen LogP contribution in [0.2, 0.25) is 0 Å². The molecule has 246 valence electrons. The van der Waals surface area contributed by atoms with Crippen molar-refractivity contribution in [2.24, 2.45) is 0 Å². The van der Waals surface area contributed by atoms with Crippen molar-refractivity contribution >= 4 is 29.7 Å². The van der Waals surface area contributed by atoms with E-state index in [0.717, 1.165) is 53.6 Å². The molecule has 2 atom stereocenters. The number of hydrogen-bond acceptors (Lipinski definition) is 4. The highest BCUT2D eigenvalue weighted by Crippen LogP contribution is 2.29. The summed E-state index contributed by atoms with van der Waals surface area (Å²) in [7, 11) is 0. The van der Waals surface area contributed by atoms with Crippen molar-refractivity contribution in [3.05, 3.63) is 107 Å². The molecule has 3 amide bonds. The van der Waals surface area contributed by atoms with E-state index in [-0.39, 0.29) is 18.2 Å². The summed E-state index contributed by atoms with van der Waals surface area (Å²) < 4.78 is 5.58. The quantitative estimate of drug-likeness (QED) is 0.166. The van der Waals surface area contributed by atoms with E-state index in [1.54, 1.807) is 31.7 Å². The van der Waals surface area contributed by atoms with Crippen LogP contribution in [0.4, 0.5) is 10.5 Å². The Kier molecular flexibility index (Phi) is 13.6. The molecule has 0 aromatic heterocycles. The minimum atomic E-state index is -0.967. The molecular formula is C39H51N3O4. The van der Waals surface area contributed by atoms with E-state index in [4.69, 9.17) is 4.74 Å². The van der Waals surface area contributed by atoms with Crippen LogP contribution in [0, 0.1) is 13.8 Å². The summed E-state index contributed by atoms with van der Waals surface area (Å²) in [6, 6.07) is 21.0. The maximum Gasteiger partial charge on any atom is 0.408 e. The molecule has 46 heavy (non-hydrogen) atoms. The van der Waals surface area contributed by atoms with E-state index in [1.165, 1.54) is 0 Å². The SMILES string of the molecule is C=Cc1cccc(C(C(=O)Nc2c(C)cccc2C)N(CCCCCCC)C(=O)C(Cc2ccccc2)NC(=O)OC(C)(C)C)c1. The Balaban J connectivity index is 2.11. The molecule has 0 saturated carbocycles. The molecule has 0 saturated heterocycles. The van der Waals surface area contributed by atoms with Gasteiger partial charge in [-0.2, -0.15) is 0 Å². The summed E-state index contributed by atoms with van der Waals surface area (Å²) in [5, 5.41) is 6.00. The molecule has 0 spiro atoms. The van der Waals surface area contributed by atoms with Gasteiger partial charge in [-0.3, -0.25) is 9.59 Å². The second-order valence-electron chi connectivity index (χ2n) is 12.9. The van der Waals surface area contributed by atoms with Gasteiger partial charge in [0.25, 0.3) is 5.91 Å². The van der Waals surface area contributed by atoms with E-state index < -0.39 is 23.8 Å². The van der Waals surface area contributed by atoms with Crippen molar-refractivity contribution in [2.75, 3.05) is 11.9 Å². The molecule has 7 heteroatoms. The lowest BCUT2D eigenvalue weighted by Crippen LogP contribution is -2.53. The highest BCUT2D eigenvalue weighted by Gasteiger charge is 2.36. The lowest BCUT2D eigenvalue weighted by atomic mass is 9.98. The summed E-state index contributed by atoms with van der Waals surface area (Å²) in [6.45, 7) is 15.7. The molecule has 0 heterocycles. The Morgan fingerprint density at radius 1 is 0.891 bits per heavy atom. The number of hydrogen-bond donors (Lipinski definition) is 2. The van der Waals surface area contributed by atoms with Gasteiger partial charge in [0.1, 0.15) is 17.7 Å². The number of amides is 3. The summed E-state index contributed by atoms with van der Waals surface area (Å²) in [5.74, 6) is -0.674. The van der Waals surface area contributed by atoms with Crippen LogP contribution in [0.15, 0.2) is 79.4 Å². The molecule has 0 aliphatic rings. The van der Waals surface area contributed by atoms with Crippen LogP contribution in [0.5, 0.6) is 0 Å². The number of rotatable bonds is 15. The normalized spacial score (nSPS) is 12.5. The van der Waals surface area contributed by atoms with Crippen LogP contribution >= 0.6 is 0 Å². The molecule has 0 radical (unpaired) electrons. The molecule has 2 N–H and O–H groups in total. The molecule has 0 fully saturated rings. The third-order valence-electron chi connectivity index (χ3n) is 7.81. The Morgan fingerprint density at radius 2 is 1.54 bits per heavy atom. The van der Waals surface area contributed by atoms with Gasteiger partial charge in [0.2, 0.25) is 5.91 Å². The largest absolute Gasteiger partial charge is 0.444 e. The van der Waals surface area contributed by atoms with Crippen LogP contribution in [-0.4, -0.2) is 41.0 Å². The zero-order valence-corrected chi connectivity index (χ0v) is 28.4. The minimum absolute atomic E-state index is 0.239. The first-order chi connectivity index (χ1) is 21.9. The highest BCUT2D eigenvalue weighted by atomic mass is 16.6. The second-order valence-corrected chi connectivity index (χ2v) is 12.9. The summed E-state index contributed by atoms with van der Waals surface area (Å²) in [6.07, 6.45) is 6.14. The predicted octanol–water partition coefficient (Wildman–Crippen LogP) is 8.56.